The van der Waals surface area contributed by atoms with Crippen molar-refractivity contribution >= 4 is 65.2 Å². The van der Waals surface area contributed by atoms with Crippen LogP contribution in [0.2, 0.25) is 0 Å². The second-order valence-corrected chi connectivity index (χ2v) is 15.2. The van der Waals surface area contributed by atoms with Crippen LogP contribution in [-0.2, 0) is 0 Å². The predicted octanol–water partition coefficient (Wildman–Crippen LogP) is 14.6. The molecule has 12 aromatic rings. The van der Waals surface area contributed by atoms with Crippen molar-refractivity contribution in [3.05, 3.63) is 212 Å². The van der Waals surface area contributed by atoms with E-state index in [0.717, 1.165) is 39.4 Å². The molecule has 0 N–H and O–H groups in total. The van der Waals surface area contributed by atoms with Crippen molar-refractivity contribution in [1.29, 1.82) is 0 Å². The van der Waals surface area contributed by atoms with Crippen LogP contribution in [0.1, 0.15) is 0 Å². The van der Waals surface area contributed by atoms with Gasteiger partial charge in [0.1, 0.15) is 5.82 Å². The Bertz CT molecular complexity index is 3560. The molecule has 3 heteroatoms. The average molecular weight is 738 g/mol. The molecule has 0 amide bonds. The van der Waals surface area contributed by atoms with Gasteiger partial charge in [0.2, 0.25) is 0 Å². The summed E-state index contributed by atoms with van der Waals surface area (Å²) >= 11 is 0. The van der Waals surface area contributed by atoms with Gasteiger partial charge in [-0.25, -0.2) is 4.98 Å². The van der Waals surface area contributed by atoms with Crippen LogP contribution in [0.15, 0.2) is 212 Å². The molecule has 0 saturated heterocycles. The monoisotopic (exact) mass is 737 g/mol. The van der Waals surface area contributed by atoms with Gasteiger partial charge in [0.05, 0.1) is 22.1 Å². The highest BCUT2D eigenvalue weighted by Gasteiger charge is 2.18. The Labute approximate surface area is 335 Å². The zero-order valence-corrected chi connectivity index (χ0v) is 31.5. The third-order valence-corrected chi connectivity index (χ3v) is 11.9. The third-order valence-electron chi connectivity index (χ3n) is 11.9. The second-order valence-electron chi connectivity index (χ2n) is 15.2. The van der Waals surface area contributed by atoms with E-state index in [2.05, 4.69) is 221 Å². The van der Waals surface area contributed by atoms with Crippen LogP contribution < -0.4 is 0 Å². The second kappa shape index (κ2) is 12.9. The van der Waals surface area contributed by atoms with Crippen molar-refractivity contribution in [3.8, 4) is 45.0 Å². The van der Waals surface area contributed by atoms with Crippen molar-refractivity contribution < 1.29 is 0 Å². The van der Waals surface area contributed by atoms with E-state index >= 15 is 0 Å². The first-order valence-corrected chi connectivity index (χ1v) is 19.9. The lowest BCUT2D eigenvalue weighted by Crippen LogP contribution is -1.97. The molecule has 0 bridgehead atoms. The van der Waals surface area contributed by atoms with E-state index in [1.807, 2.05) is 0 Å². The normalized spacial score (nSPS) is 11.8. The van der Waals surface area contributed by atoms with E-state index in [0.29, 0.717) is 0 Å². The number of para-hydroxylation sites is 4. The van der Waals surface area contributed by atoms with E-state index in [9.17, 15) is 0 Å². The fraction of sp³-hybridized carbons (Fsp3) is 0. The molecule has 0 fully saturated rings. The van der Waals surface area contributed by atoms with E-state index in [-0.39, 0.29) is 0 Å². The summed E-state index contributed by atoms with van der Waals surface area (Å²) in [4.78, 5) is 5.17. The number of benzene rings is 10. The molecular formula is C55H35N3. The minimum atomic E-state index is 0.931. The van der Waals surface area contributed by atoms with Crippen LogP contribution in [0, 0.1) is 0 Å². The summed E-state index contributed by atoms with van der Waals surface area (Å²) in [5, 5.41) is 10.0. The van der Waals surface area contributed by atoms with Gasteiger partial charge in [-0.3, -0.25) is 4.57 Å². The summed E-state index contributed by atoms with van der Waals surface area (Å²) in [6.07, 6.45) is 0. The highest BCUT2D eigenvalue weighted by molar-refractivity contribution is 6.26. The first kappa shape index (κ1) is 32.5. The van der Waals surface area contributed by atoms with E-state index in [1.165, 1.54) is 70.8 Å². The summed E-state index contributed by atoms with van der Waals surface area (Å²) in [5.41, 5.74) is 12.6. The highest BCUT2D eigenvalue weighted by Crippen LogP contribution is 2.41. The number of aromatic nitrogens is 3. The molecular weight excluding hydrogens is 703 g/mol. The average Bonchev–Trinajstić information content (AvgIpc) is 3.86. The number of hydrogen-bond acceptors (Lipinski definition) is 1. The zero-order chi connectivity index (χ0) is 38.2. The molecule has 0 aliphatic heterocycles. The van der Waals surface area contributed by atoms with Crippen molar-refractivity contribution in [3.63, 3.8) is 0 Å². The van der Waals surface area contributed by atoms with Crippen molar-refractivity contribution in [2.75, 3.05) is 0 Å². The number of fused-ring (bicyclic) bond motifs is 10. The zero-order valence-electron chi connectivity index (χ0n) is 31.5. The molecule has 0 aliphatic carbocycles. The van der Waals surface area contributed by atoms with Crippen LogP contribution in [0.3, 0.4) is 0 Å². The van der Waals surface area contributed by atoms with Crippen LogP contribution in [-0.4, -0.2) is 14.1 Å². The Morgan fingerprint density at radius 3 is 1.64 bits per heavy atom. The molecule has 0 aliphatic rings. The van der Waals surface area contributed by atoms with E-state index in [1.54, 1.807) is 0 Å². The summed E-state index contributed by atoms with van der Waals surface area (Å²) in [6.45, 7) is 0. The molecule has 0 spiro atoms. The molecule has 0 atom stereocenters. The maximum absolute atomic E-state index is 5.17. The number of nitrogens with zero attached hydrogens (tertiary/aromatic N) is 3. The Balaban J connectivity index is 1.03. The largest absolute Gasteiger partial charge is 0.309 e. The van der Waals surface area contributed by atoms with E-state index < -0.39 is 0 Å². The van der Waals surface area contributed by atoms with Gasteiger partial charge in [0, 0.05) is 27.7 Å². The predicted molar refractivity (Wildman–Crippen MR) is 244 cm³/mol. The lowest BCUT2D eigenvalue weighted by Gasteiger charge is -2.15. The van der Waals surface area contributed by atoms with Gasteiger partial charge >= 0.3 is 0 Å². The number of rotatable bonds is 5. The van der Waals surface area contributed by atoms with Gasteiger partial charge in [-0.15, -0.1) is 0 Å². The lowest BCUT2D eigenvalue weighted by atomic mass is 9.91. The summed E-state index contributed by atoms with van der Waals surface area (Å²) in [5.74, 6) is 0.931. The fourth-order valence-electron chi connectivity index (χ4n) is 9.22. The standard InChI is InChI=1S/C55H35N3/c1-3-14-36(15-4-1)38-27-31-53-50(34-38)47-22-9-11-24-52(47)57(53)42-28-30-45-43-20-7-8-21-44(43)48-33-39(26-29-46(48)49(45)35-42)37-16-13-17-40(32-37)55-56-51-23-10-12-25-54(51)58(55)41-18-5-2-6-19-41/h1-35H. The molecule has 270 valence electrons. The molecule has 12 rings (SSSR count). The molecule has 0 saturated carbocycles. The lowest BCUT2D eigenvalue weighted by molar-refractivity contribution is 1.10. The van der Waals surface area contributed by atoms with E-state index in [4.69, 9.17) is 4.98 Å². The number of hydrogen-bond donors (Lipinski definition) is 0. The Morgan fingerprint density at radius 2 is 0.793 bits per heavy atom. The summed E-state index contributed by atoms with van der Waals surface area (Å²) < 4.78 is 4.70. The smallest absolute Gasteiger partial charge is 0.145 e. The molecule has 2 aromatic heterocycles. The van der Waals surface area contributed by atoms with Gasteiger partial charge in [-0.1, -0.05) is 146 Å². The first-order valence-electron chi connectivity index (χ1n) is 19.9. The van der Waals surface area contributed by atoms with Crippen molar-refractivity contribution in [2.24, 2.45) is 0 Å². The quantitative estimate of drug-likeness (QED) is 0.161. The maximum Gasteiger partial charge on any atom is 0.145 e. The van der Waals surface area contributed by atoms with Gasteiger partial charge in [-0.05, 0) is 121 Å². The van der Waals surface area contributed by atoms with Gasteiger partial charge < -0.3 is 4.57 Å². The molecule has 0 unspecified atom stereocenters. The number of imidazole rings is 1. The van der Waals surface area contributed by atoms with Crippen LogP contribution in [0.5, 0.6) is 0 Å². The van der Waals surface area contributed by atoms with Crippen molar-refractivity contribution in [2.45, 2.75) is 0 Å². The fourth-order valence-corrected chi connectivity index (χ4v) is 9.22. The first-order chi connectivity index (χ1) is 28.8. The molecule has 2 heterocycles. The molecule has 10 aromatic carbocycles. The minimum absolute atomic E-state index is 0.931. The SMILES string of the molecule is c1ccc(-c2ccc3c(c2)c2ccccc2n3-c2ccc3c4ccccc4c4cc(-c5cccc(-c6nc7ccccc7n6-c6ccccc6)c5)ccc4c3c2)cc1. The minimum Gasteiger partial charge on any atom is -0.309 e. The van der Waals surface area contributed by atoms with Crippen LogP contribution in [0.4, 0.5) is 0 Å². The Hall–Kier alpha value is -7.75. The highest BCUT2D eigenvalue weighted by atomic mass is 15.1. The van der Waals surface area contributed by atoms with Crippen LogP contribution in [0.25, 0.3) is 110 Å². The van der Waals surface area contributed by atoms with Gasteiger partial charge in [-0.2, -0.15) is 0 Å². The molecule has 3 nitrogen and oxygen atoms in total. The van der Waals surface area contributed by atoms with Gasteiger partial charge in [0.15, 0.2) is 0 Å². The summed E-state index contributed by atoms with van der Waals surface area (Å²) in [7, 11) is 0. The van der Waals surface area contributed by atoms with Gasteiger partial charge in [0.25, 0.3) is 0 Å². The molecule has 0 radical (unpaired) electrons. The Morgan fingerprint density at radius 1 is 0.259 bits per heavy atom. The molecule has 58 heavy (non-hydrogen) atoms. The van der Waals surface area contributed by atoms with Crippen molar-refractivity contribution in [1.82, 2.24) is 14.1 Å². The maximum atomic E-state index is 5.17. The third kappa shape index (κ3) is 5.04. The summed E-state index contributed by atoms with van der Waals surface area (Å²) in [6, 6.07) is 76.9. The van der Waals surface area contributed by atoms with Crippen LogP contribution >= 0.6 is 0 Å². The topological polar surface area (TPSA) is 22.8 Å². The Kier molecular flexibility index (Phi) is 7.23.